The Morgan fingerprint density at radius 1 is 1.32 bits per heavy atom. The molecule has 25 heavy (non-hydrogen) atoms. The molecule has 1 unspecified atom stereocenters. The van der Waals surface area contributed by atoms with Crippen LogP contribution in [-0.4, -0.2) is 29.4 Å². The number of H-pyrrole nitrogens is 1. The third-order valence-electron chi connectivity index (χ3n) is 3.79. The molecule has 3 aromatic rings. The van der Waals surface area contributed by atoms with Crippen molar-refractivity contribution in [3.05, 3.63) is 39.9 Å². The van der Waals surface area contributed by atoms with Crippen LogP contribution in [-0.2, 0) is 10.7 Å². The van der Waals surface area contributed by atoms with Gasteiger partial charge in [-0.1, -0.05) is 6.92 Å². The second kappa shape index (κ2) is 5.65. The zero-order chi connectivity index (χ0) is 18.6. The van der Waals surface area contributed by atoms with Gasteiger partial charge in [0.1, 0.15) is 5.66 Å². The van der Waals surface area contributed by atoms with E-state index in [-0.39, 0.29) is 28.9 Å². The summed E-state index contributed by atoms with van der Waals surface area (Å²) in [5, 5.41) is 7.32. The maximum Gasteiger partial charge on any atom is 0.416 e. The van der Waals surface area contributed by atoms with E-state index in [9.17, 15) is 32.3 Å². The molecule has 1 aromatic carbocycles. The molecule has 12 heteroatoms. The summed E-state index contributed by atoms with van der Waals surface area (Å²) in [5.74, 6) is -0.179. The van der Waals surface area contributed by atoms with E-state index < -0.39 is 30.6 Å². The molecule has 0 saturated heterocycles. The van der Waals surface area contributed by atoms with Crippen LogP contribution in [0, 0.1) is 0 Å². The van der Waals surface area contributed by atoms with Gasteiger partial charge in [0.2, 0.25) is 5.65 Å². The molecule has 0 radical (unpaired) electrons. The number of benzene rings is 1. The number of alkyl halides is 3. The zero-order valence-electron chi connectivity index (χ0n) is 12.7. The van der Waals surface area contributed by atoms with Crippen molar-refractivity contribution in [2.45, 2.75) is 25.2 Å². The minimum absolute atomic E-state index is 0.00000181. The fourth-order valence-corrected chi connectivity index (χ4v) is 3.60. The average Bonchev–Trinajstić information content (AvgIpc) is 2.90. The lowest BCUT2D eigenvalue weighted by Crippen LogP contribution is -2.14. The topological polar surface area (TPSA) is 121 Å². The van der Waals surface area contributed by atoms with Gasteiger partial charge >= 0.3 is 13.8 Å². The summed E-state index contributed by atoms with van der Waals surface area (Å²) < 4.78 is 51.4. The summed E-state index contributed by atoms with van der Waals surface area (Å²) in [6.07, 6.45) is -4.60. The van der Waals surface area contributed by atoms with Crippen molar-refractivity contribution < 1.29 is 27.5 Å². The molecule has 0 bridgehead atoms. The molecule has 0 fully saturated rings. The number of hydrogen-bond acceptors (Lipinski definition) is 4. The molecule has 1 atom stereocenters. The van der Waals surface area contributed by atoms with Crippen LogP contribution in [0.25, 0.3) is 16.7 Å². The van der Waals surface area contributed by atoms with Crippen LogP contribution >= 0.6 is 7.60 Å². The number of aromatic amines is 1. The van der Waals surface area contributed by atoms with Crippen molar-refractivity contribution in [2.24, 2.45) is 0 Å². The van der Waals surface area contributed by atoms with Crippen LogP contribution < -0.4 is 5.56 Å². The summed E-state index contributed by atoms with van der Waals surface area (Å²) in [6, 6.07) is 2.65. The molecule has 2 aromatic heterocycles. The number of rotatable bonds is 3. The lowest BCUT2D eigenvalue weighted by atomic mass is 10.2. The summed E-state index contributed by atoms with van der Waals surface area (Å²) in [6.45, 7) is 1.52. The van der Waals surface area contributed by atoms with Crippen LogP contribution in [0.4, 0.5) is 13.2 Å². The first-order valence-electron chi connectivity index (χ1n) is 7.07. The second-order valence-electron chi connectivity index (χ2n) is 5.41. The average molecular weight is 376 g/mol. The highest BCUT2D eigenvalue weighted by Crippen LogP contribution is 2.53. The smallest absolute Gasteiger partial charge is 0.324 e. The molecule has 0 saturated carbocycles. The van der Waals surface area contributed by atoms with Gasteiger partial charge in [0.25, 0.3) is 5.56 Å². The lowest BCUT2D eigenvalue weighted by molar-refractivity contribution is -0.137. The predicted octanol–water partition coefficient (Wildman–Crippen LogP) is 2.22. The van der Waals surface area contributed by atoms with Gasteiger partial charge in [-0.25, -0.2) is 0 Å². The molecule has 3 N–H and O–H groups in total. The van der Waals surface area contributed by atoms with E-state index in [0.29, 0.717) is 0 Å². The van der Waals surface area contributed by atoms with Gasteiger partial charge < -0.3 is 14.8 Å². The molecule has 2 heterocycles. The Hall–Kier alpha value is -2.23. The van der Waals surface area contributed by atoms with Gasteiger partial charge in [-0.3, -0.25) is 13.8 Å². The molecule has 0 aliphatic carbocycles. The maximum atomic E-state index is 12.9. The standard InChI is InChI=1S/C13H12F3N4O4P/c1-2-9(25(22,23)24)10-18-19-11-12(21)17-7-5-6(13(14,15)16)3-4-8(7)20(10)11/h3-5,9H,2H2,1H3,(H,17,21)(H2,22,23,24). The normalized spacial score (nSPS) is 14.3. The molecule has 134 valence electrons. The van der Waals surface area contributed by atoms with E-state index in [4.69, 9.17) is 0 Å². The third kappa shape index (κ3) is 2.94. The van der Waals surface area contributed by atoms with E-state index in [0.717, 1.165) is 22.6 Å². The number of hydrogen-bond donors (Lipinski definition) is 3. The van der Waals surface area contributed by atoms with E-state index in [1.165, 1.54) is 6.92 Å². The third-order valence-corrected chi connectivity index (χ3v) is 5.20. The van der Waals surface area contributed by atoms with Crippen molar-refractivity contribution >= 4 is 24.3 Å². The molecule has 0 aliphatic heterocycles. The fraction of sp³-hybridized carbons (Fsp3) is 0.308. The Balaban J connectivity index is 2.39. The van der Waals surface area contributed by atoms with Crippen LogP contribution in [0.3, 0.4) is 0 Å². The van der Waals surface area contributed by atoms with E-state index in [1.807, 2.05) is 0 Å². The Labute approximate surface area is 137 Å². The van der Waals surface area contributed by atoms with Crippen molar-refractivity contribution in [1.82, 2.24) is 19.6 Å². The molecule has 0 amide bonds. The van der Waals surface area contributed by atoms with Gasteiger partial charge in [0.05, 0.1) is 16.6 Å². The van der Waals surface area contributed by atoms with Crippen molar-refractivity contribution in [3.8, 4) is 0 Å². The Kier molecular flexibility index (Phi) is 3.98. The summed E-state index contributed by atoms with van der Waals surface area (Å²) >= 11 is 0. The highest BCUT2D eigenvalue weighted by atomic mass is 31.2. The highest BCUT2D eigenvalue weighted by Gasteiger charge is 2.34. The number of aromatic nitrogens is 4. The highest BCUT2D eigenvalue weighted by molar-refractivity contribution is 7.52. The van der Waals surface area contributed by atoms with Crippen LogP contribution in [0.5, 0.6) is 0 Å². The van der Waals surface area contributed by atoms with Crippen LogP contribution in [0.1, 0.15) is 30.4 Å². The van der Waals surface area contributed by atoms with E-state index >= 15 is 0 Å². The first-order chi connectivity index (χ1) is 11.5. The van der Waals surface area contributed by atoms with E-state index in [1.54, 1.807) is 0 Å². The minimum Gasteiger partial charge on any atom is -0.324 e. The summed E-state index contributed by atoms with van der Waals surface area (Å²) in [7, 11) is -4.61. The van der Waals surface area contributed by atoms with Gasteiger partial charge in [-0.15, -0.1) is 10.2 Å². The number of nitrogens with one attached hydrogen (secondary N) is 1. The molecule has 0 aliphatic rings. The Morgan fingerprint density at radius 2 is 2.00 bits per heavy atom. The maximum absolute atomic E-state index is 12.9. The van der Waals surface area contributed by atoms with Crippen molar-refractivity contribution in [2.75, 3.05) is 0 Å². The number of nitrogens with zero attached hydrogens (tertiary/aromatic N) is 3. The van der Waals surface area contributed by atoms with Crippen LogP contribution in [0.2, 0.25) is 0 Å². The molecule has 0 spiro atoms. The summed E-state index contributed by atoms with van der Waals surface area (Å²) in [4.78, 5) is 33.3. The molecular weight excluding hydrogens is 364 g/mol. The van der Waals surface area contributed by atoms with Crippen molar-refractivity contribution in [3.63, 3.8) is 0 Å². The van der Waals surface area contributed by atoms with Gasteiger partial charge in [0.15, 0.2) is 5.82 Å². The lowest BCUT2D eigenvalue weighted by Gasteiger charge is -2.15. The summed E-state index contributed by atoms with van der Waals surface area (Å²) in [5.41, 5.74) is -3.41. The quantitative estimate of drug-likeness (QED) is 0.603. The van der Waals surface area contributed by atoms with Crippen LogP contribution in [0.15, 0.2) is 23.0 Å². The SMILES string of the molecule is CCC(c1nnc2c(=O)[nH]c3cc(C(F)(F)F)ccc3n12)P(=O)(O)O. The van der Waals surface area contributed by atoms with Gasteiger partial charge in [-0.05, 0) is 24.6 Å². The molecular formula is C13H12F3N4O4P. The fourth-order valence-electron chi connectivity index (χ4n) is 2.65. The minimum atomic E-state index is -4.61. The zero-order valence-corrected chi connectivity index (χ0v) is 13.5. The first kappa shape index (κ1) is 17.6. The van der Waals surface area contributed by atoms with Crippen molar-refractivity contribution in [1.29, 1.82) is 0 Å². The number of fused-ring (bicyclic) bond motifs is 3. The Morgan fingerprint density at radius 3 is 2.56 bits per heavy atom. The largest absolute Gasteiger partial charge is 0.416 e. The van der Waals surface area contributed by atoms with Gasteiger partial charge in [0, 0.05) is 0 Å². The first-order valence-corrected chi connectivity index (χ1v) is 8.75. The Bertz CT molecular complexity index is 1070. The van der Waals surface area contributed by atoms with E-state index in [2.05, 4.69) is 15.2 Å². The number of halogens is 3. The predicted molar refractivity (Wildman–Crippen MR) is 81.2 cm³/mol. The molecule has 3 rings (SSSR count). The molecule has 8 nitrogen and oxygen atoms in total. The monoisotopic (exact) mass is 376 g/mol. The second-order valence-corrected chi connectivity index (χ2v) is 7.22. The van der Waals surface area contributed by atoms with Gasteiger partial charge in [-0.2, -0.15) is 13.2 Å².